The first kappa shape index (κ1) is 22.3. The van der Waals surface area contributed by atoms with Crippen molar-refractivity contribution in [3.05, 3.63) is 38.7 Å². The standard InChI is InChI=1S/C19H25N3O4S4/c23-19(18-17(3-11-29-18)30(24,25)22-6-12-27-13-7-22)20-14-15(16-2-1-10-28-16)21-4-8-26-9-5-21/h1-3,10-11,15H,4-9,12-14H2,(H,20,23). The second-order valence-electron chi connectivity index (χ2n) is 7.02. The van der Waals surface area contributed by atoms with Crippen molar-refractivity contribution in [2.75, 3.05) is 57.4 Å². The van der Waals surface area contributed by atoms with Gasteiger partial charge in [-0.1, -0.05) is 6.07 Å². The summed E-state index contributed by atoms with van der Waals surface area (Å²) in [5, 5.41) is 6.71. The van der Waals surface area contributed by atoms with Crippen molar-refractivity contribution < 1.29 is 17.9 Å². The number of morpholine rings is 1. The van der Waals surface area contributed by atoms with Crippen LogP contribution in [0, 0.1) is 0 Å². The quantitative estimate of drug-likeness (QED) is 0.646. The maximum absolute atomic E-state index is 13.1. The Morgan fingerprint density at radius 1 is 1.10 bits per heavy atom. The molecule has 2 saturated heterocycles. The minimum absolute atomic E-state index is 0.0528. The number of ether oxygens (including phenoxy) is 1. The zero-order chi connectivity index (χ0) is 21.0. The number of thioether (sulfide) groups is 1. The predicted molar refractivity (Wildman–Crippen MR) is 122 cm³/mol. The van der Waals surface area contributed by atoms with Crippen LogP contribution in [0.4, 0.5) is 0 Å². The first-order valence-corrected chi connectivity index (χ1v) is 14.2. The largest absolute Gasteiger partial charge is 0.379 e. The smallest absolute Gasteiger partial charge is 0.262 e. The molecule has 2 fully saturated rings. The van der Waals surface area contributed by atoms with Gasteiger partial charge in [0.05, 0.1) is 19.3 Å². The molecule has 2 aliphatic heterocycles. The van der Waals surface area contributed by atoms with Gasteiger partial charge in [-0.05, 0) is 22.9 Å². The molecule has 1 N–H and O–H groups in total. The fourth-order valence-corrected chi connectivity index (χ4v) is 8.40. The molecule has 4 heterocycles. The van der Waals surface area contributed by atoms with Crippen LogP contribution in [0.25, 0.3) is 0 Å². The van der Waals surface area contributed by atoms with Crippen molar-refractivity contribution in [1.82, 2.24) is 14.5 Å². The van der Waals surface area contributed by atoms with Crippen LogP contribution >= 0.6 is 34.4 Å². The number of carbonyl (C=O) groups is 1. The third-order valence-corrected chi connectivity index (χ3v) is 10.1. The maximum atomic E-state index is 13.1. The van der Waals surface area contributed by atoms with Crippen LogP contribution < -0.4 is 5.32 Å². The highest BCUT2D eigenvalue weighted by Crippen LogP contribution is 2.28. The molecule has 2 aromatic rings. The van der Waals surface area contributed by atoms with E-state index < -0.39 is 10.0 Å². The van der Waals surface area contributed by atoms with Crippen molar-refractivity contribution in [2.45, 2.75) is 10.9 Å². The van der Waals surface area contributed by atoms with Crippen molar-refractivity contribution in [2.24, 2.45) is 0 Å². The highest BCUT2D eigenvalue weighted by molar-refractivity contribution is 7.99. The Morgan fingerprint density at radius 3 is 2.57 bits per heavy atom. The number of rotatable bonds is 7. The molecule has 0 radical (unpaired) electrons. The molecular formula is C19H25N3O4S4. The summed E-state index contributed by atoms with van der Waals surface area (Å²) in [6, 6.07) is 5.69. The van der Waals surface area contributed by atoms with E-state index in [4.69, 9.17) is 4.74 Å². The fraction of sp³-hybridized carbons (Fsp3) is 0.526. The van der Waals surface area contributed by atoms with E-state index in [0.717, 1.165) is 24.6 Å². The fourth-order valence-electron chi connectivity index (χ4n) is 3.64. The summed E-state index contributed by atoms with van der Waals surface area (Å²) in [7, 11) is -3.65. The third-order valence-electron chi connectivity index (χ3n) is 5.24. The lowest BCUT2D eigenvalue weighted by atomic mass is 10.2. The molecule has 2 aliphatic rings. The second-order valence-corrected chi connectivity index (χ2v) is 12.0. The Morgan fingerprint density at radius 2 is 1.87 bits per heavy atom. The Bertz CT molecular complexity index is 933. The topological polar surface area (TPSA) is 79.0 Å². The average molecular weight is 488 g/mol. The summed E-state index contributed by atoms with van der Waals surface area (Å²) in [5.74, 6) is 1.24. The SMILES string of the molecule is O=C(NCC(c1cccs1)N1CCOCC1)c1sccc1S(=O)(=O)N1CCSCC1. The maximum Gasteiger partial charge on any atom is 0.262 e. The summed E-state index contributed by atoms with van der Waals surface area (Å²) in [6.45, 7) is 4.38. The molecule has 0 aromatic carbocycles. The van der Waals surface area contributed by atoms with Gasteiger partial charge in [-0.15, -0.1) is 22.7 Å². The van der Waals surface area contributed by atoms with E-state index in [1.54, 1.807) is 34.5 Å². The van der Waals surface area contributed by atoms with Crippen LogP contribution in [0.3, 0.4) is 0 Å². The average Bonchev–Trinajstić information content (AvgIpc) is 3.48. The van der Waals surface area contributed by atoms with Gasteiger partial charge in [0.15, 0.2) is 0 Å². The summed E-state index contributed by atoms with van der Waals surface area (Å²) < 4.78 is 33.1. The molecule has 1 unspecified atom stereocenters. The Balaban J connectivity index is 1.48. The molecule has 0 aliphatic carbocycles. The molecule has 1 atom stereocenters. The normalized spacial score (nSPS) is 20.1. The van der Waals surface area contributed by atoms with Gasteiger partial charge >= 0.3 is 0 Å². The van der Waals surface area contributed by atoms with Gasteiger partial charge in [0, 0.05) is 49.1 Å². The number of hydrogen-bond acceptors (Lipinski definition) is 8. The van der Waals surface area contributed by atoms with E-state index >= 15 is 0 Å². The first-order valence-electron chi connectivity index (χ1n) is 9.86. The highest BCUT2D eigenvalue weighted by Gasteiger charge is 2.32. The lowest BCUT2D eigenvalue weighted by Crippen LogP contribution is -2.43. The van der Waals surface area contributed by atoms with E-state index in [2.05, 4.69) is 16.3 Å². The molecule has 11 heteroatoms. The van der Waals surface area contributed by atoms with Gasteiger partial charge in [-0.2, -0.15) is 16.1 Å². The lowest BCUT2D eigenvalue weighted by Gasteiger charge is -2.34. The van der Waals surface area contributed by atoms with Gasteiger partial charge in [0.1, 0.15) is 9.77 Å². The summed E-state index contributed by atoms with van der Waals surface area (Å²) in [4.78, 5) is 16.9. The highest BCUT2D eigenvalue weighted by atomic mass is 32.2. The van der Waals surface area contributed by atoms with Crippen LogP contribution in [0.5, 0.6) is 0 Å². The minimum Gasteiger partial charge on any atom is -0.379 e. The molecule has 2 aromatic heterocycles. The van der Waals surface area contributed by atoms with Crippen molar-refractivity contribution in [1.29, 1.82) is 0 Å². The molecule has 7 nitrogen and oxygen atoms in total. The van der Waals surface area contributed by atoms with Gasteiger partial charge < -0.3 is 10.1 Å². The molecule has 1 amide bonds. The number of carbonyl (C=O) groups excluding carboxylic acids is 1. The van der Waals surface area contributed by atoms with Gasteiger partial charge in [0.25, 0.3) is 5.91 Å². The summed E-state index contributed by atoms with van der Waals surface area (Å²) in [6.07, 6.45) is 0. The number of amides is 1. The molecule has 0 spiro atoms. The number of hydrogen-bond donors (Lipinski definition) is 1. The number of nitrogens with zero attached hydrogens (tertiary/aromatic N) is 2. The number of thiophene rings is 2. The van der Waals surface area contributed by atoms with Crippen LogP contribution in [0.2, 0.25) is 0 Å². The van der Waals surface area contributed by atoms with E-state index in [0.29, 0.717) is 32.8 Å². The van der Waals surface area contributed by atoms with Crippen LogP contribution in [0.15, 0.2) is 33.9 Å². The summed E-state index contributed by atoms with van der Waals surface area (Å²) in [5.41, 5.74) is 0. The van der Waals surface area contributed by atoms with E-state index in [1.165, 1.54) is 20.5 Å². The van der Waals surface area contributed by atoms with E-state index in [1.807, 2.05) is 11.4 Å². The monoisotopic (exact) mass is 487 g/mol. The van der Waals surface area contributed by atoms with Gasteiger partial charge in [-0.25, -0.2) is 8.42 Å². The molecule has 30 heavy (non-hydrogen) atoms. The van der Waals surface area contributed by atoms with Crippen LogP contribution in [0.1, 0.15) is 20.6 Å². The van der Waals surface area contributed by atoms with Gasteiger partial charge in [0.2, 0.25) is 10.0 Å². The van der Waals surface area contributed by atoms with Crippen LogP contribution in [-0.2, 0) is 14.8 Å². The Kier molecular flexibility index (Phi) is 7.50. The van der Waals surface area contributed by atoms with Crippen molar-refractivity contribution in [3.63, 3.8) is 0 Å². The Labute approximate surface area is 189 Å². The number of sulfonamides is 1. The molecule has 4 rings (SSSR count). The van der Waals surface area contributed by atoms with E-state index in [9.17, 15) is 13.2 Å². The predicted octanol–water partition coefficient (Wildman–Crippen LogP) is 2.35. The third kappa shape index (κ3) is 4.93. The molecular weight excluding hydrogens is 462 g/mol. The molecule has 0 bridgehead atoms. The zero-order valence-corrected chi connectivity index (χ0v) is 19.8. The first-order chi connectivity index (χ1) is 14.6. The van der Waals surface area contributed by atoms with E-state index in [-0.39, 0.29) is 21.7 Å². The van der Waals surface area contributed by atoms with Crippen molar-refractivity contribution in [3.8, 4) is 0 Å². The molecule has 164 valence electrons. The van der Waals surface area contributed by atoms with Crippen LogP contribution in [-0.4, -0.2) is 81.0 Å². The minimum atomic E-state index is -3.65. The molecule has 0 saturated carbocycles. The number of nitrogens with one attached hydrogen (secondary N) is 1. The Hall–Kier alpha value is -0.950. The summed E-state index contributed by atoms with van der Waals surface area (Å²) >= 11 is 4.59. The lowest BCUT2D eigenvalue weighted by molar-refractivity contribution is 0.0169. The van der Waals surface area contributed by atoms with Gasteiger partial charge in [-0.3, -0.25) is 9.69 Å². The zero-order valence-electron chi connectivity index (χ0n) is 16.5. The second kappa shape index (κ2) is 10.1. The van der Waals surface area contributed by atoms with Crippen molar-refractivity contribution >= 4 is 50.4 Å².